The Morgan fingerprint density at radius 1 is 0.909 bits per heavy atom. The summed E-state index contributed by atoms with van der Waals surface area (Å²) >= 11 is 0. The number of nitrogens with one attached hydrogen (secondary N) is 1. The van der Waals surface area contributed by atoms with Gasteiger partial charge in [-0.2, -0.15) is 4.31 Å². The predicted octanol–water partition coefficient (Wildman–Crippen LogP) is 3.18. The number of nitrogens with zero attached hydrogens (tertiary/aromatic N) is 2. The van der Waals surface area contributed by atoms with Crippen molar-refractivity contribution in [1.82, 2.24) is 9.62 Å². The van der Waals surface area contributed by atoms with Crippen LogP contribution in [0, 0.1) is 5.82 Å². The molecule has 0 aromatic heterocycles. The van der Waals surface area contributed by atoms with Gasteiger partial charge in [0.2, 0.25) is 15.9 Å². The Hall–Kier alpha value is -2.97. The number of hydrogen-bond acceptors (Lipinski definition) is 4. The minimum absolute atomic E-state index is 0.0265. The van der Waals surface area contributed by atoms with E-state index in [1.807, 2.05) is 47.4 Å². The van der Waals surface area contributed by atoms with Crippen molar-refractivity contribution in [2.75, 3.05) is 43.4 Å². The van der Waals surface area contributed by atoms with E-state index < -0.39 is 10.0 Å². The van der Waals surface area contributed by atoms with Crippen LogP contribution in [0.1, 0.15) is 12.0 Å². The molecular weight excluding hydrogens is 441 g/mol. The van der Waals surface area contributed by atoms with Gasteiger partial charge >= 0.3 is 0 Å². The molecule has 1 saturated heterocycles. The number of piperazine rings is 1. The van der Waals surface area contributed by atoms with Crippen LogP contribution in [-0.4, -0.2) is 57.1 Å². The molecule has 0 bridgehead atoms. The van der Waals surface area contributed by atoms with Gasteiger partial charge in [0.05, 0.1) is 17.9 Å². The van der Waals surface area contributed by atoms with E-state index >= 15 is 0 Å². The number of halogens is 1. The molecule has 0 unspecified atom stereocenters. The Balaban J connectivity index is 1.22. The van der Waals surface area contributed by atoms with Gasteiger partial charge in [-0.15, -0.1) is 0 Å². The van der Waals surface area contributed by atoms with Gasteiger partial charge in [0, 0.05) is 32.7 Å². The van der Waals surface area contributed by atoms with Gasteiger partial charge in [0.15, 0.2) is 0 Å². The first-order valence-corrected chi connectivity index (χ1v) is 12.8. The second-order valence-corrected chi connectivity index (χ2v) is 10.3. The molecule has 0 spiro atoms. The number of carbonyl (C=O) groups excluding carboxylic acids is 1. The molecule has 1 heterocycles. The molecule has 1 aliphatic heterocycles. The highest BCUT2D eigenvalue weighted by atomic mass is 32.2. The fourth-order valence-electron chi connectivity index (χ4n) is 4.21. The third-order valence-corrected chi connectivity index (χ3v) is 7.91. The minimum atomic E-state index is -3.42. The number of para-hydroxylation sites is 1. The van der Waals surface area contributed by atoms with Crippen molar-refractivity contribution in [2.24, 2.45) is 0 Å². The highest BCUT2D eigenvalue weighted by Gasteiger charge is 2.27. The van der Waals surface area contributed by atoms with Gasteiger partial charge in [0.25, 0.3) is 0 Å². The molecule has 8 heteroatoms. The van der Waals surface area contributed by atoms with Gasteiger partial charge in [-0.3, -0.25) is 4.79 Å². The van der Waals surface area contributed by atoms with Crippen LogP contribution in [0.15, 0.2) is 66.7 Å². The second kappa shape index (κ2) is 10.3. The van der Waals surface area contributed by atoms with Crippen LogP contribution in [-0.2, 0) is 21.2 Å². The van der Waals surface area contributed by atoms with E-state index in [-0.39, 0.29) is 23.9 Å². The van der Waals surface area contributed by atoms with Crippen molar-refractivity contribution in [3.63, 3.8) is 0 Å². The van der Waals surface area contributed by atoms with Crippen LogP contribution in [0.4, 0.5) is 10.1 Å². The number of benzene rings is 3. The average molecular weight is 470 g/mol. The summed E-state index contributed by atoms with van der Waals surface area (Å²) in [6.45, 7) is 1.84. The molecule has 174 valence electrons. The van der Waals surface area contributed by atoms with Gasteiger partial charge in [-0.05, 0) is 34.9 Å². The number of carbonyl (C=O) groups is 1. The molecule has 6 nitrogen and oxygen atoms in total. The maximum absolute atomic E-state index is 14.0. The van der Waals surface area contributed by atoms with Gasteiger partial charge in [-0.1, -0.05) is 54.6 Å². The molecule has 1 aliphatic rings. The number of sulfonamides is 1. The first kappa shape index (κ1) is 23.2. The van der Waals surface area contributed by atoms with E-state index in [9.17, 15) is 17.6 Å². The summed E-state index contributed by atoms with van der Waals surface area (Å²) in [5, 5.41) is 4.97. The summed E-state index contributed by atoms with van der Waals surface area (Å²) < 4.78 is 40.8. The summed E-state index contributed by atoms with van der Waals surface area (Å²) in [5.41, 5.74) is 1.45. The Bertz CT molecular complexity index is 1220. The smallest absolute Gasteiger partial charge is 0.224 e. The van der Waals surface area contributed by atoms with Crippen LogP contribution in [0.25, 0.3) is 10.8 Å². The monoisotopic (exact) mass is 469 g/mol. The van der Waals surface area contributed by atoms with Crippen LogP contribution < -0.4 is 10.2 Å². The quantitative estimate of drug-likeness (QED) is 0.515. The molecule has 4 rings (SSSR count). The first-order valence-electron chi connectivity index (χ1n) is 11.1. The van der Waals surface area contributed by atoms with Gasteiger partial charge in [0.1, 0.15) is 5.82 Å². The normalized spacial score (nSPS) is 15.0. The summed E-state index contributed by atoms with van der Waals surface area (Å²) in [6.07, 6.45) is 0.600. The van der Waals surface area contributed by atoms with Crippen molar-refractivity contribution >= 4 is 32.4 Å². The van der Waals surface area contributed by atoms with E-state index in [1.165, 1.54) is 10.4 Å². The highest BCUT2D eigenvalue weighted by molar-refractivity contribution is 7.89. The number of anilines is 1. The summed E-state index contributed by atoms with van der Waals surface area (Å²) in [7, 11) is -3.42. The van der Waals surface area contributed by atoms with Crippen molar-refractivity contribution < 1.29 is 17.6 Å². The van der Waals surface area contributed by atoms with Crippen molar-refractivity contribution in [3.05, 3.63) is 78.1 Å². The third kappa shape index (κ3) is 5.69. The zero-order chi connectivity index (χ0) is 23.3. The second-order valence-electron chi connectivity index (χ2n) is 8.17. The Kier molecular flexibility index (Phi) is 7.25. The third-order valence-electron chi connectivity index (χ3n) is 5.96. The van der Waals surface area contributed by atoms with Crippen LogP contribution in [0.2, 0.25) is 0 Å². The SMILES string of the molecule is O=C(Cc1cccc2ccccc12)NCCCS(=O)(=O)N1CCN(c2ccccc2F)CC1. The van der Waals surface area contributed by atoms with Crippen molar-refractivity contribution in [1.29, 1.82) is 0 Å². The highest BCUT2D eigenvalue weighted by Crippen LogP contribution is 2.21. The minimum Gasteiger partial charge on any atom is -0.367 e. The zero-order valence-corrected chi connectivity index (χ0v) is 19.2. The lowest BCUT2D eigenvalue weighted by Crippen LogP contribution is -2.49. The molecule has 33 heavy (non-hydrogen) atoms. The average Bonchev–Trinajstić information content (AvgIpc) is 2.83. The van der Waals surface area contributed by atoms with Gasteiger partial charge in [-0.25, -0.2) is 12.8 Å². The number of fused-ring (bicyclic) bond motifs is 1. The fraction of sp³-hybridized carbons (Fsp3) is 0.320. The summed E-state index contributed by atoms with van der Waals surface area (Å²) in [4.78, 5) is 14.2. The molecule has 0 aliphatic carbocycles. The molecule has 3 aromatic rings. The van der Waals surface area contributed by atoms with Crippen molar-refractivity contribution in [3.8, 4) is 0 Å². The van der Waals surface area contributed by atoms with Crippen LogP contribution in [0.3, 0.4) is 0 Å². The standard InChI is InChI=1S/C25H28FN3O3S/c26-23-11-3-4-12-24(23)28-14-16-29(17-15-28)33(31,32)18-6-13-27-25(30)19-21-9-5-8-20-7-1-2-10-22(20)21/h1-5,7-12H,6,13-19H2,(H,27,30). The molecule has 1 N–H and O–H groups in total. The fourth-order valence-corrected chi connectivity index (χ4v) is 5.70. The Labute approximate surface area is 194 Å². The van der Waals surface area contributed by atoms with Crippen LogP contribution >= 0.6 is 0 Å². The topological polar surface area (TPSA) is 69.7 Å². The Morgan fingerprint density at radius 3 is 2.39 bits per heavy atom. The van der Waals surface area contributed by atoms with E-state index in [2.05, 4.69) is 5.32 Å². The molecule has 0 atom stereocenters. The lowest BCUT2D eigenvalue weighted by atomic mass is 10.0. The van der Waals surface area contributed by atoms with E-state index in [1.54, 1.807) is 18.2 Å². The molecule has 0 saturated carbocycles. The summed E-state index contributed by atoms with van der Waals surface area (Å²) in [5.74, 6) is -0.448. The van der Waals surface area contributed by atoms with Crippen LogP contribution in [0.5, 0.6) is 0 Å². The molecule has 0 radical (unpaired) electrons. The zero-order valence-electron chi connectivity index (χ0n) is 18.4. The van der Waals surface area contributed by atoms with E-state index in [4.69, 9.17) is 0 Å². The molecule has 1 fully saturated rings. The maximum atomic E-state index is 14.0. The van der Waals surface area contributed by atoms with Crippen molar-refractivity contribution in [2.45, 2.75) is 12.8 Å². The number of rotatable bonds is 8. The molecular formula is C25H28FN3O3S. The largest absolute Gasteiger partial charge is 0.367 e. The maximum Gasteiger partial charge on any atom is 0.224 e. The Morgan fingerprint density at radius 2 is 1.61 bits per heavy atom. The summed E-state index contributed by atoms with van der Waals surface area (Å²) in [6, 6.07) is 20.3. The molecule has 1 amide bonds. The lowest BCUT2D eigenvalue weighted by molar-refractivity contribution is -0.120. The predicted molar refractivity (Wildman–Crippen MR) is 129 cm³/mol. The van der Waals surface area contributed by atoms with E-state index in [0.29, 0.717) is 44.8 Å². The lowest BCUT2D eigenvalue weighted by Gasteiger charge is -2.35. The number of amides is 1. The number of hydrogen-bond donors (Lipinski definition) is 1. The van der Waals surface area contributed by atoms with Gasteiger partial charge < -0.3 is 10.2 Å². The van der Waals surface area contributed by atoms with E-state index in [0.717, 1.165) is 16.3 Å². The first-order chi connectivity index (χ1) is 15.9. The molecule has 3 aromatic carbocycles.